The van der Waals surface area contributed by atoms with Gasteiger partial charge in [0.05, 0.1) is 23.9 Å². The number of hydrogen-bond donors (Lipinski definition) is 1. The summed E-state index contributed by atoms with van der Waals surface area (Å²) in [7, 11) is 0. The number of aliphatic hydroxyl groups is 1. The van der Waals surface area contributed by atoms with Crippen LogP contribution in [-0.2, 0) is 11.3 Å². The molecule has 0 spiro atoms. The summed E-state index contributed by atoms with van der Waals surface area (Å²) in [6.45, 7) is 7.25. The molecule has 0 bridgehead atoms. The van der Waals surface area contributed by atoms with Crippen LogP contribution >= 0.6 is 0 Å². The smallest absolute Gasteiger partial charge is 0.133 e. The van der Waals surface area contributed by atoms with E-state index in [1.54, 1.807) is 17.1 Å². The lowest BCUT2D eigenvalue weighted by Crippen LogP contribution is -2.53. The summed E-state index contributed by atoms with van der Waals surface area (Å²) < 4.78 is 1.73. The third-order valence-corrected chi connectivity index (χ3v) is 10.1. The highest BCUT2D eigenvalue weighted by molar-refractivity contribution is 5.82. The van der Waals surface area contributed by atoms with Gasteiger partial charge in [0.25, 0.3) is 0 Å². The molecule has 1 heterocycles. The summed E-state index contributed by atoms with van der Waals surface area (Å²) >= 11 is 0. The van der Waals surface area contributed by atoms with Crippen LogP contribution in [0.15, 0.2) is 12.4 Å². The molecule has 4 aliphatic carbocycles. The average Bonchev–Trinajstić information content (AvgIpc) is 3.35. The Hall–Kier alpha value is -1.67. The Bertz CT molecular complexity index is 898. The second kappa shape index (κ2) is 6.66. The number of hydrogen-bond acceptors (Lipinski definition) is 4. The molecule has 0 radical (unpaired) electrons. The van der Waals surface area contributed by atoms with E-state index in [1.807, 2.05) is 6.92 Å². The number of ketones is 1. The van der Waals surface area contributed by atoms with Crippen molar-refractivity contribution in [3.8, 4) is 6.07 Å². The predicted molar refractivity (Wildman–Crippen MR) is 113 cm³/mol. The molecule has 3 unspecified atom stereocenters. The highest BCUT2D eigenvalue weighted by Gasteiger charge is 2.63. The SMILES string of the molecule is C[C@]12CC(=O)CC1CC[C@@H]1C2CC[C@@]2(C)C1CC[C@@H]2[C@@](C)(O)Cn1cc(C#N)cn1. The first-order valence-electron chi connectivity index (χ1n) is 11.8. The molecule has 5 nitrogen and oxygen atoms in total. The van der Waals surface area contributed by atoms with Gasteiger partial charge in [-0.15, -0.1) is 0 Å². The minimum absolute atomic E-state index is 0.141. The summed E-state index contributed by atoms with van der Waals surface area (Å²) in [5.74, 6) is 3.35. The molecule has 0 aromatic carbocycles. The van der Waals surface area contributed by atoms with Gasteiger partial charge in [0.1, 0.15) is 11.9 Å². The maximum atomic E-state index is 12.3. The van der Waals surface area contributed by atoms with Crippen molar-refractivity contribution in [3.05, 3.63) is 18.0 Å². The van der Waals surface area contributed by atoms with Crippen LogP contribution in [0.4, 0.5) is 0 Å². The molecule has 5 heteroatoms. The number of Topliss-reactive ketones (excluding diaryl/α,β-unsaturated/α-hetero) is 1. The van der Waals surface area contributed by atoms with Gasteiger partial charge in [-0.3, -0.25) is 9.48 Å². The minimum atomic E-state index is -0.848. The van der Waals surface area contributed by atoms with Crippen molar-refractivity contribution in [2.24, 2.45) is 40.4 Å². The maximum absolute atomic E-state index is 12.3. The minimum Gasteiger partial charge on any atom is -0.388 e. The summed E-state index contributed by atoms with van der Waals surface area (Å²) in [6, 6.07) is 2.12. The average molecular weight is 410 g/mol. The fraction of sp³-hybridized carbons (Fsp3) is 0.800. The van der Waals surface area contributed by atoms with Crippen LogP contribution < -0.4 is 0 Å². The van der Waals surface area contributed by atoms with Crippen LogP contribution in [0.2, 0.25) is 0 Å². The first kappa shape index (κ1) is 20.2. The predicted octanol–water partition coefficient (Wildman–Crippen LogP) is 4.34. The van der Waals surface area contributed by atoms with Crippen LogP contribution in [0.25, 0.3) is 0 Å². The zero-order chi connectivity index (χ0) is 21.3. The van der Waals surface area contributed by atoms with Gasteiger partial charge in [-0.1, -0.05) is 13.8 Å². The van der Waals surface area contributed by atoms with Gasteiger partial charge in [-0.05, 0) is 85.9 Å². The topological polar surface area (TPSA) is 78.9 Å². The molecule has 0 saturated heterocycles. The van der Waals surface area contributed by atoms with Crippen molar-refractivity contribution in [2.75, 3.05) is 0 Å². The standard InChI is InChI=1S/C25H35N3O2/c1-23-9-8-21-19(5-4-17-10-18(29)11-24(17,21)2)20(23)6-7-22(23)25(3,30)15-28-14-16(12-26)13-27-28/h13-14,17,19-22,30H,4-11,15H2,1-3H3/t17?,19-,20?,21?,22-,23-,24-,25-/m0/s1. The Balaban J connectivity index is 1.38. The van der Waals surface area contributed by atoms with Crippen molar-refractivity contribution in [1.29, 1.82) is 5.26 Å². The summed E-state index contributed by atoms with van der Waals surface area (Å²) in [4.78, 5) is 12.3. The Morgan fingerprint density at radius 3 is 2.73 bits per heavy atom. The molecule has 0 amide bonds. The number of fused-ring (bicyclic) bond motifs is 5. The largest absolute Gasteiger partial charge is 0.388 e. The molecule has 4 fully saturated rings. The van der Waals surface area contributed by atoms with E-state index in [9.17, 15) is 9.90 Å². The van der Waals surface area contributed by atoms with Crippen molar-refractivity contribution >= 4 is 5.78 Å². The number of nitrogens with zero attached hydrogens (tertiary/aromatic N) is 3. The molecule has 1 aromatic heterocycles. The lowest BCUT2D eigenvalue weighted by molar-refractivity contribution is -0.126. The van der Waals surface area contributed by atoms with Crippen LogP contribution in [0, 0.1) is 51.8 Å². The van der Waals surface area contributed by atoms with Crippen LogP contribution in [0.5, 0.6) is 0 Å². The van der Waals surface area contributed by atoms with Gasteiger partial charge in [-0.2, -0.15) is 10.4 Å². The van der Waals surface area contributed by atoms with Crippen molar-refractivity contribution in [3.63, 3.8) is 0 Å². The molecule has 4 saturated carbocycles. The number of carbonyl (C=O) groups excluding carboxylic acids is 1. The second-order valence-electron chi connectivity index (χ2n) is 11.6. The Morgan fingerprint density at radius 1 is 1.23 bits per heavy atom. The number of aromatic nitrogens is 2. The second-order valence-corrected chi connectivity index (χ2v) is 11.6. The summed E-state index contributed by atoms with van der Waals surface area (Å²) in [5.41, 5.74) is 0.0456. The fourth-order valence-corrected chi connectivity index (χ4v) is 8.88. The zero-order valence-corrected chi connectivity index (χ0v) is 18.6. The molecule has 162 valence electrons. The van der Waals surface area contributed by atoms with E-state index in [-0.39, 0.29) is 16.7 Å². The molecule has 1 aromatic rings. The Morgan fingerprint density at radius 2 is 2.00 bits per heavy atom. The molecule has 8 atom stereocenters. The normalized spacial score (nSPS) is 44.6. The quantitative estimate of drug-likeness (QED) is 0.805. The lowest BCUT2D eigenvalue weighted by atomic mass is 9.47. The first-order chi connectivity index (χ1) is 14.2. The van der Waals surface area contributed by atoms with E-state index in [1.165, 1.54) is 25.7 Å². The van der Waals surface area contributed by atoms with Crippen molar-refractivity contribution in [1.82, 2.24) is 9.78 Å². The van der Waals surface area contributed by atoms with E-state index in [0.29, 0.717) is 41.6 Å². The molecule has 1 N–H and O–H groups in total. The zero-order valence-electron chi connectivity index (χ0n) is 18.6. The molecular weight excluding hydrogens is 374 g/mol. The molecule has 30 heavy (non-hydrogen) atoms. The van der Waals surface area contributed by atoms with E-state index in [2.05, 4.69) is 25.0 Å². The lowest BCUT2D eigenvalue weighted by Gasteiger charge is -2.58. The van der Waals surface area contributed by atoms with Gasteiger partial charge in [0.2, 0.25) is 0 Å². The van der Waals surface area contributed by atoms with E-state index in [4.69, 9.17) is 5.26 Å². The van der Waals surface area contributed by atoms with Crippen LogP contribution in [0.1, 0.15) is 77.7 Å². The third kappa shape index (κ3) is 2.83. The Labute approximate surface area is 179 Å². The Kier molecular flexibility index (Phi) is 4.50. The van der Waals surface area contributed by atoms with Crippen molar-refractivity contribution in [2.45, 2.75) is 84.3 Å². The summed E-state index contributed by atoms with van der Waals surface area (Å²) in [5, 5.41) is 25.0. The summed E-state index contributed by atoms with van der Waals surface area (Å²) in [6.07, 6.45) is 12.0. The number of carbonyl (C=O) groups is 1. The highest BCUT2D eigenvalue weighted by Crippen LogP contribution is 2.68. The monoisotopic (exact) mass is 409 g/mol. The van der Waals surface area contributed by atoms with E-state index >= 15 is 0 Å². The van der Waals surface area contributed by atoms with Gasteiger partial charge >= 0.3 is 0 Å². The third-order valence-electron chi connectivity index (χ3n) is 10.1. The van der Waals surface area contributed by atoms with E-state index < -0.39 is 5.60 Å². The molecule has 0 aliphatic heterocycles. The first-order valence-corrected chi connectivity index (χ1v) is 11.8. The van der Waals surface area contributed by atoms with Crippen molar-refractivity contribution < 1.29 is 9.90 Å². The highest BCUT2D eigenvalue weighted by atomic mass is 16.3. The van der Waals surface area contributed by atoms with Gasteiger partial charge in [0.15, 0.2) is 0 Å². The van der Waals surface area contributed by atoms with Crippen LogP contribution in [0.3, 0.4) is 0 Å². The number of nitriles is 1. The van der Waals surface area contributed by atoms with E-state index in [0.717, 1.165) is 25.7 Å². The molecule has 5 rings (SSSR count). The number of rotatable bonds is 3. The van der Waals surface area contributed by atoms with Gasteiger partial charge < -0.3 is 5.11 Å². The van der Waals surface area contributed by atoms with Gasteiger partial charge in [-0.25, -0.2) is 0 Å². The molecular formula is C25H35N3O2. The maximum Gasteiger partial charge on any atom is 0.133 e. The van der Waals surface area contributed by atoms with Crippen LogP contribution in [-0.4, -0.2) is 26.3 Å². The van der Waals surface area contributed by atoms with Gasteiger partial charge in [0, 0.05) is 19.0 Å². The molecule has 4 aliphatic rings. The fourth-order valence-electron chi connectivity index (χ4n) is 8.88.